The normalized spacial score (nSPS) is 15.2. The van der Waals surface area contributed by atoms with Crippen molar-refractivity contribution in [2.75, 3.05) is 23.3 Å². The number of fused-ring (bicyclic) bond motifs is 1. The molecule has 0 fully saturated rings. The molecule has 0 spiro atoms. The average Bonchev–Trinajstić information content (AvgIpc) is 2.85. The summed E-state index contributed by atoms with van der Waals surface area (Å²) in [6.07, 6.45) is 8.88. The second-order valence-corrected chi connectivity index (χ2v) is 8.95. The molecule has 2 aromatic carbocycles. The second-order valence-electron chi connectivity index (χ2n) is 8.95. The van der Waals surface area contributed by atoms with Gasteiger partial charge >= 0.3 is 0 Å². The van der Waals surface area contributed by atoms with Gasteiger partial charge in [0.2, 0.25) is 0 Å². The number of rotatable bonds is 13. The number of nitrogens with zero attached hydrogens (tertiary/aromatic N) is 2. The Morgan fingerprint density at radius 3 is 2.09 bits per heavy atom. The van der Waals surface area contributed by atoms with Crippen molar-refractivity contribution < 1.29 is 9.59 Å². The molecule has 1 aliphatic rings. The zero-order chi connectivity index (χ0) is 23.5. The number of unbranched alkanes of at least 4 members (excludes halogenated alkanes) is 6. The molecule has 3 rings (SSSR count). The van der Waals surface area contributed by atoms with Crippen LogP contribution < -0.4 is 10.2 Å². The fraction of sp³-hybridized carbons (Fsp3) is 0.500. The SMILES string of the molecule is CCCCCCN(CCCCCC)C(=O)C1Nc2ccccc2N(Cc2ccccc2)C1=O. The molecule has 0 aliphatic carbocycles. The number of carbonyl (C=O) groups excluding carboxylic acids is 2. The van der Waals surface area contributed by atoms with E-state index < -0.39 is 6.04 Å². The highest BCUT2D eigenvalue weighted by Crippen LogP contribution is 2.33. The monoisotopic (exact) mass is 449 g/mol. The van der Waals surface area contributed by atoms with Gasteiger partial charge < -0.3 is 15.1 Å². The molecule has 0 aromatic heterocycles. The Labute approximate surface area is 199 Å². The van der Waals surface area contributed by atoms with E-state index in [1.165, 1.54) is 25.7 Å². The lowest BCUT2D eigenvalue weighted by Crippen LogP contribution is -2.55. The van der Waals surface area contributed by atoms with Gasteiger partial charge in [-0.15, -0.1) is 0 Å². The van der Waals surface area contributed by atoms with E-state index in [0.717, 1.165) is 55.7 Å². The molecule has 5 heteroatoms. The summed E-state index contributed by atoms with van der Waals surface area (Å²) in [5.41, 5.74) is 2.71. The number of hydrogen-bond donors (Lipinski definition) is 1. The summed E-state index contributed by atoms with van der Waals surface area (Å²) in [5.74, 6) is -0.268. The standard InChI is InChI=1S/C28H39N3O2/c1-3-5-7-14-20-30(21-15-8-6-4-2)27(32)26-28(33)31(22-23-16-10-9-11-17-23)25-19-13-12-18-24(25)29-26/h9-13,16-19,26,29H,3-8,14-15,20-22H2,1-2H3. The molecule has 5 nitrogen and oxygen atoms in total. The summed E-state index contributed by atoms with van der Waals surface area (Å²) >= 11 is 0. The van der Waals surface area contributed by atoms with Crippen LogP contribution in [0.2, 0.25) is 0 Å². The van der Waals surface area contributed by atoms with Crippen molar-refractivity contribution in [2.24, 2.45) is 0 Å². The Morgan fingerprint density at radius 1 is 0.848 bits per heavy atom. The third-order valence-corrected chi connectivity index (χ3v) is 6.31. The van der Waals surface area contributed by atoms with Crippen molar-refractivity contribution in [3.8, 4) is 0 Å². The number of nitrogens with one attached hydrogen (secondary N) is 1. The zero-order valence-corrected chi connectivity index (χ0v) is 20.3. The van der Waals surface area contributed by atoms with Gasteiger partial charge in [0.05, 0.1) is 17.9 Å². The fourth-order valence-corrected chi connectivity index (χ4v) is 4.39. The van der Waals surface area contributed by atoms with E-state index in [4.69, 9.17) is 0 Å². The molecule has 1 aliphatic heterocycles. The smallest absolute Gasteiger partial charge is 0.259 e. The van der Waals surface area contributed by atoms with E-state index in [2.05, 4.69) is 19.2 Å². The Balaban J connectivity index is 1.79. The molecule has 0 saturated carbocycles. The molecule has 1 N–H and O–H groups in total. The topological polar surface area (TPSA) is 52.7 Å². The van der Waals surface area contributed by atoms with Crippen molar-refractivity contribution in [1.82, 2.24) is 4.90 Å². The minimum Gasteiger partial charge on any atom is -0.364 e. The van der Waals surface area contributed by atoms with E-state index in [9.17, 15) is 9.59 Å². The molecule has 2 aromatic rings. The van der Waals surface area contributed by atoms with Crippen LogP contribution in [0.4, 0.5) is 11.4 Å². The van der Waals surface area contributed by atoms with Gasteiger partial charge in [-0.05, 0) is 30.5 Å². The Bertz CT molecular complexity index is 872. The number of para-hydroxylation sites is 2. The van der Waals surface area contributed by atoms with Crippen molar-refractivity contribution in [1.29, 1.82) is 0 Å². The third kappa shape index (κ3) is 6.83. The summed E-state index contributed by atoms with van der Waals surface area (Å²) in [4.78, 5) is 31.0. The van der Waals surface area contributed by atoms with Crippen LogP contribution in [0.1, 0.15) is 70.8 Å². The first-order valence-corrected chi connectivity index (χ1v) is 12.6. The molecular formula is C28H39N3O2. The highest BCUT2D eigenvalue weighted by atomic mass is 16.2. The van der Waals surface area contributed by atoms with Crippen LogP contribution >= 0.6 is 0 Å². The van der Waals surface area contributed by atoms with Gasteiger partial charge in [0.15, 0.2) is 6.04 Å². The van der Waals surface area contributed by atoms with Gasteiger partial charge in [-0.25, -0.2) is 0 Å². The Morgan fingerprint density at radius 2 is 1.45 bits per heavy atom. The molecule has 33 heavy (non-hydrogen) atoms. The van der Waals surface area contributed by atoms with Crippen LogP contribution in [-0.2, 0) is 16.1 Å². The lowest BCUT2D eigenvalue weighted by molar-refractivity contribution is -0.136. The van der Waals surface area contributed by atoms with Gasteiger partial charge in [-0.2, -0.15) is 0 Å². The predicted molar refractivity (Wildman–Crippen MR) is 136 cm³/mol. The quantitative estimate of drug-likeness (QED) is 0.301. The minimum atomic E-state index is -0.874. The molecule has 178 valence electrons. The highest BCUT2D eigenvalue weighted by Gasteiger charge is 2.38. The maximum Gasteiger partial charge on any atom is 0.259 e. The lowest BCUT2D eigenvalue weighted by Gasteiger charge is -2.37. The van der Waals surface area contributed by atoms with Crippen LogP contribution in [0, 0.1) is 0 Å². The van der Waals surface area contributed by atoms with Gasteiger partial charge in [0, 0.05) is 13.1 Å². The molecule has 1 atom stereocenters. The molecule has 1 heterocycles. The van der Waals surface area contributed by atoms with Crippen molar-refractivity contribution in [2.45, 2.75) is 77.8 Å². The number of carbonyl (C=O) groups is 2. The molecule has 0 saturated heterocycles. The van der Waals surface area contributed by atoms with E-state index in [-0.39, 0.29) is 11.8 Å². The molecule has 0 bridgehead atoms. The predicted octanol–water partition coefficient (Wildman–Crippen LogP) is 6.00. The van der Waals surface area contributed by atoms with Gasteiger partial charge in [-0.1, -0.05) is 94.8 Å². The van der Waals surface area contributed by atoms with Crippen LogP contribution in [0.5, 0.6) is 0 Å². The van der Waals surface area contributed by atoms with E-state index >= 15 is 0 Å². The van der Waals surface area contributed by atoms with Crippen LogP contribution in [0.25, 0.3) is 0 Å². The first kappa shape index (κ1) is 24.8. The molecule has 2 amide bonds. The number of amides is 2. The second kappa shape index (κ2) is 13.0. The summed E-state index contributed by atoms with van der Waals surface area (Å²) in [6, 6.07) is 16.9. The number of hydrogen-bond acceptors (Lipinski definition) is 3. The van der Waals surface area contributed by atoms with E-state index in [1.807, 2.05) is 59.5 Å². The maximum atomic E-state index is 13.7. The van der Waals surface area contributed by atoms with Gasteiger partial charge in [-0.3, -0.25) is 9.59 Å². The summed E-state index contributed by atoms with van der Waals surface area (Å²) in [6.45, 7) is 6.27. The van der Waals surface area contributed by atoms with E-state index in [0.29, 0.717) is 6.54 Å². The average molecular weight is 450 g/mol. The maximum absolute atomic E-state index is 13.7. The summed E-state index contributed by atoms with van der Waals surface area (Å²) < 4.78 is 0. The minimum absolute atomic E-state index is 0.0967. The van der Waals surface area contributed by atoms with Crippen molar-refractivity contribution in [3.63, 3.8) is 0 Å². The van der Waals surface area contributed by atoms with E-state index in [1.54, 1.807) is 4.90 Å². The molecular weight excluding hydrogens is 410 g/mol. The van der Waals surface area contributed by atoms with Crippen molar-refractivity contribution >= 4 is 23.2 Å². The third-order valence-electron chi connectivity index (χ3n) is 6.31. The highest BCUT2D eigenvalue weighted by molar-refractivity contribution is 6.16. The van der Waals surface area contributed by atoms with Crippen LogP contribution in [0.15, 0.2) is 54.6 Å². The van der Waals surface area contributed by atoms with Gasteiger partial charge in [0.1, 0.15) is 0 Å². The van der Waals surface area contributed by atoms with Gasteiger partial charge in [0.25, 0.3) is 11.8 Å². The Hall–Kier alpha value is -2.82. The first-order chi connectivity index (χ1) is 16.2. The fourth-order valence-electron chi connectivity index (χ4n) is 4.39. The lowest BCUT2D eigenvalue weighted by atomic mass is 10.1. The van der Waals surface area contributed by atoms with Crippen LogP contribution in [0.3, 0.4) is 0 Å². The van der Waals surface area contributed by atoms with Crippen molar-refractivity contribution in [3.05, 3.63) is 60.2 Å². The summed E-state index contributed by atoms with van der Waals surface area (Å²) in [7, 11) is 0. The molecule has 1 unspecified atom stereocenters. The molecule has 0 radical (unpaired) electrons. The number of benzene rings is 2. The van der Waals surface area contributed by atoms with Crippen LogP contribution in [-0.4, -0.2) is 35.8 Å². The largest absolute Gasteiger partial charge is 0.364 e. The summed E-state index contributed by atoms with van der Waals surface area (Å²) in [5, 5.41) is 3.26. The number of anilines is 2. The zero-order valence-electron chi connectivity index (χ0n) is 20.3. The Kier molecular flexibility index (Phi) is 9.79. The first-order valence-electron chi connectivity index (χ1n) is 12.6.